The van der Waals surface area contributed by atoms with E-state index >= 15 is 0 Å². The zero-order valence-corrected chi connectivity index (χ0v) is 11.3. The molecule has 2 heterocycles. The van der Waals surface area contributed by atoms with Crippen LogP contribution in [0.1, 0.15) is 17.7 Å². The lowest BCUT2D eigenvalue weighted by molar-refractivity contribution is -0.116. The number of aryl methyl sites for hydroxylation is 1. The summed E-state index contributed by atoms with van der Waals surface area (Å²) in [5, 5.41) is 5.59. The molecule has 1 aliphatic heterocycles. The Kier molecular flexibility index (Phi) is 3.55. The largest absolute Gasteiger partial charge is 0.465 e. The van der Waals surface area contributed by atoms with E-state index in [2.05, 4.69) is 10.6 Å². The van der Waals surface area contributed by atoms with Crippen molar-refractivity contribution in [2.75, 3.05) is 10.6 Å². The molecule has 0 spiro atoms. The molecule has 0 radical (unpaired) electrons. The lowest BCUT2D eigenvalue weighted by Crippen LogP contribution is -2.19. The Bertz CT molecular complexity index is 702. The molecule has 0 saturated carbocycles. The van der Waals surface area contributed by atoms with E-state index in [-0.39, 0.29) is 11.8 Å². The first-order valence-corrected chi connectivity index (χ1v) is 6.66. The third-order valence-electron chi connectivity index (χ3n) is 3.21. The molecule has 5 nitrogen and oxygen atoms in total. The lowest BCUT2D eigenvalue weighted by Gasteiger charge is -2.17. The number of rotatable bonds is 3. The lowest BCUT2D eigenvalue weighted by atomic mass is 10.0. The van der Waals surface area contributed by atoms with Crippen LogP contribution in [-0.4, -0.2) is 11.8 Å². The normalized spacial score (nSPS) is 13.8. The fourth-order valence-electron chi connectivity index (χ4n) is 2.19. The first kappa shape index (κ1) is 13.2. The monoisotopic (exact) mass is 282 g/mol. The molecule has 3 rings (SSSR count). The van der Waals surface area contributed by atoms with Gasteiger partial charge in [0.25, 0.3) is 0 Å². The highest BCUT2D eigenvalue weighted by molar-refractivity contribution is 6.02. The Hall–Kier alpha value is -2.82. The number of furan rings is 1. The summed E-state index contributed by atoms with van der Waals surface area (Å²) in [6, 6.07) is 8.98. The maximum atomic E-state index is 11.8. The molecule has 0 bridgehead atoms. The fraction of sp³-hybridized carbons (Fsp3) is 0.125. The smallest absolute Gasteiger partial charge is 0.248 e. The van der Waals surface area contributed by atoms with Crippen molar-refractivity contribution >= 4 is 29.3 Å². The van der Waals surface area contributed by atoms with Crippen LogP contribution in [0.4, 0.5) is 11.4 Å². The van der Waals surface area contributed by atoms with Crippen LogP contribution in [-0.2, 0) is 16.0 Å². The minimum Gasteiger partial charge on any atom is -0.465 e. The van der Waals surface area contributed by atoms with Gasteiger partial charge in [0.05, 0.1) is 6.26 Å². The quantitative estimate of drug-likeness (QED) is 0.850. The number of hydrogen-bond donors (Lipinski definition) is 2. The molecule has 21 heavy (non-hydrogen) atoms. The van der Waals surface area contributed by atoms with E-state index in [1.165, 1.54) is 6.08 Å². The van der Waals surface area contributed by atoms with Gasteiger partial charge >= 0.3 is 0 Å². The number of amides is 2. The highest BCUT2D eigenvalue weighted by Crippen LogP contribution is 2.25. The molecule has 106 valence electrons. The number of hydrogen-bond acceptors (Lipinski definition) is 3. The van der Waals surface area contributed by atoms with E-state index < -0.39 is 0 Å². The van der Waals surface area contributed by atoms with Gasteiger partial charge in [-0.05, 0) is 48.4 Å². The second kappa shape index (κ2) is 5.66. The van der Waals surface area contributed by atoms with Crippen LogP contribution in [0.25, 0.3) is 6.08 Å². The Labute approximate surface area is 121 Å². The zero-order valence-electron chi connectivity index (χ0n) is 11.3. The molecule has 2 amide bonds. The molecule has 0 atom stereocenters. The summed E-state index contributed by atoms with van der Waals surface area (Å²) in [4.78, 5) is 23.1. The van der Waals surface area contributed by atoms with Crippen molar-refractivity contribution in [3.63, 3.8) is 0 Å². The molecular weight excluding hydrogens is 268 g/mol. The van der Waals surface area contributed by atoms with Crippen LogP contribution in [0.2, 0.25) is 0 Å². The van der Waals surface area contributed by atoms with Crippen molar-refractivity contribution in [3.8, 4) is 0 Å². The van der Waals surface area contributed by atoms with E-state index in [4.69, 9.17) is 4.42 Å². The molecular formula is C16H14N2O3. The Morgan fingerprint density at radius 2 is 2.19 bits per heavy atom. The number of nitrogens with one attached hydrogen (secondary N) is 2. The molecule has 0 fully saturated rings. The summed E-state index contributed by atoms with van der Waals surface area (Å²) in [6.45, 7) is 0. The Morgan fingerprint density at radius 1 is 1.29 bits per heavy atom. The van der Waals surface area contributed by atoms with E-state index in [9.17, 15) is 9.59 Å². The molecule has 0 unspecified atom stereocenters. The van der Waals surface area contributed by atoms with Crippen LogP contribution in [0.3, 0.4) is 0 Å². The van der Waals surface area contributed by atoms with Gasteiger partial charge in [-0.15, -0.1) is 0 Å². The van der Waals surface area contributed by atoms with Crippen molar-refractivity contribution in [2.45, 2.75) is 12.8 Å². The van der Waals surface area contributed by atoms with Gasteiger partial charge in [0.1, 0.15) is 5.76 Å². The predicted molar refractivity (Wildman–Crippen MR) is 79.8 cm³/mol. The van der Waals surface area contributed by atoms with Crippen molar-refractivity contribution < 1.29 is 14.0 Å². The zero-order chi connectivity index (χ0) is 14.7. The van der Waals surface area contributed by atoms with Gasteiger partial charge in [0.2, 0.25) is 11.8 Å². The van der Waals surface area contributed by atoms with Crippen molar-refractivity contribution in [1.82, 2.24) is 0 Å². The Morgan fingerprint density at radius 3 is 3.00 bits per heavy atom. The summed E-state index contributed by atoms with van der Waals surface area (Å²) in [6.07, 6.45) is 5.74. The minimum atomic E-state index is -0.230. The van der Waals surface area contributed by atoms with E-state index in [1.54, 1.807) is 36.6 Å². The van der Waals surface area contributed by atoms with Crippen LogP contribution < -0.4 is 10.6 Å². The van der Waals surface area contributed by atoms with Crippen molar-refractivity contribution in [2.24, 2.45) is 0 Å². The summed E-state index contributed by atoms with van der Waals surface area (Å²) < 4.78 is 5.11. The second-order valence-corrected chi connectivity index (χ2v) is 4.76. The SMILES string of the molecule is O=C(C=Cc1ccco1)Nc1ccc2c(c1)CCC(=O)N2. The van der Waals surface area contributed by atoms with Gasteiger partial charge in [-0.3, -0.25) is 9.59 Å². The van der Waals surface area contributed by atoms with E-state index in [0.717, 1.165) is 11.3 Å². The predicted octanol–water partition coefficient (Wildman–Crippen LogP) is 2.82. The van der Waals surface area contributed by atoms with Crippen LogP contribution >= 0.6 is 0 Å². The first-order chi connectivity index (χ1) is 10.2. The standard InChI is InChI=1S/C16H14N2O3/c19-15(8-5-13-2-1-9-21-13)17-12-4-6-14-11(10-12)3-7-16(20)18-14/h1-2,4-6,8-10H,3,7H2,(H,17,19)(H,18,20). The third kappa shape index (κ3) is 3.20. The van der Waals surface area contributed by atoms with Crippen molar-refractivity contribution in [1.29, 1.82) is 0 Å². The summed E-state index contributed by atoms with van der Waals surface area (Å²) in [7, 11) is 0. The van der Waals surface area contributed by atoms with E-state index in [0.29, 0.717) is 24.3 Å². The number of carbonyl (C=O) groups is 2. The molecule has 1 aliphatic rings. The van der Waals surface area contributed by atoms with E-state index in [1.807, 2.05) is 6.07 Å². The molecule has 0 saturated heterocycles. The van der Waals surface area contributed by atoms with Gasteiger partial charge in [-0.2, -0.15) is 0 Å². The Balaban J connectivity index is 1.68. The van der Waals surface area contributed by atoms with Crippen molar-refractivity contribution in [3.05, 3.63) is 54.0 Å². The van der Waals surface area contributed by atoms with Gasteiger partial charge in [0, 0.05) is 23.9 Å². The maximum Gasteiger partial charge on any atom is 0.248 e. The number of fused-ring (bicyclic) bond motifs is 1. The maximum absolute atomic E-state index is 11.8. The van der Waals surface area contributed by atoms with Crippen LogP contribution in [0.5, 0.6) is 0 Å². The summed E-state index contributed by atoms with van der Waals surface area (Å²) >= 11 is 0. The van der Waals surface area contributed by atoms with Gasteiger partial charge < -0.3 is 15.1 Å². The number of benzene rings is 1. The molecule has 5 heteroatoms. The average Bonchev–Trinajstić information content (AvgIpc) is 2.99. The number of carbonyl (C=O) groups excluding carboxylic acids is 2. The third-order valence-corrected chi connectivity index (χ3v) is 3.21. The van der Waals surface area contributed by atoms with Crippen LogP contribution in [0, 0.1) is 0 Å². The highest BCUT2D eigenvalue weighted by Gasteiger charge is 2.14. The molecule has 2 aromatic rings. The second-order valence-electron chi connectivity index (χ2n) is 4.76. The van der Waals surface area contributed by atoms with Crippen LogP contribution in [0.15, 0.2) is 47.1 Å². The molecule has 0 aliphatic carbocycles. The summed E-state index contributed by atoms with van der Waals surface area (Å²) in [5.74, 6) is 0.421. The van der Waals surface area contributed by atoms with Gasteiger partial charge in [-0.1, -0.05) is 0 Å². The summed E-state index contributed by atoms with van der Waals surface area (Å²) in [5.41, 5.74) is 2.55. The minimum absolute atomic E-state index is 0.0284. The number of anilines is 2. The molecule has 1 aromatic carbocycles. The first-order valence-electron chi connectivity index (χ1n) is 6.66. The van der Waals surface area contributed by atoms with Gasteiger partial charge in [-0.25, -0.2) is 0 Å². The molecule has 2 N–H and O–H groups in total. The average molecular weight is 282 g/mol. The van der Waals surface area contributed by atoms with Gasteiger partial charge in [0.15, 0.2) is 0 Å². The fourth-order valence-corrected chi connectivity index (χ4v) is 2.19. The topological polar surface area (TPSA) is 71.3 Å². The molecule has 1 aromatic heterocycles. The highest BCUT2D eigenvalue weighted by atomic mass is 16.3.